The molecule has 0 unspecified atom stereocenters. The number of hydrogen-bond acceptors (Lipinski definition) is 3. The van der Waals surface area contributed by atoms with Gasteiger partial charge in [0.25, 0.3) is 0 Å². The molecule has 130 valence electrons. The van der Waals surface area contributed by atoms with Crippen molar-refractivity contribution in [2.24, 2.45) is 0 Å². The second-order valence-corrected chi connectivity index (χ2v) is 7.09. The van der Waals surface area contributed by atoms with Crippen molar-refractivity contribution in [1.29, 1.82) is 0 Å². The molecule has 6 heteroatoms. The van der Waals surface area contributed by atoms with E-state index in [2.05, 4.69) is 24.3 Å². The summed E-state index contributed by atoms with van der Waals surface area (Å²) in [4.78, 5) is 14.0. The monoisotopic (exact) mass is 349 g/mol. The third-order valence-electron chi connectivity index (χ3n) is 4.21. The van der Waals surface area contributed by atoms with Gasteiger partial charge in [-0.25, -0.2) is 4.79 Å². The molecule has 2 aromatic rings. The first-order valence-corrected chi connectivity index (χ1v) is 8.26. The number of urea groups is 1. The van der Waals surface area contributed by atoms with Crippen molar-refractivity contribution in [3.63, 3.8) is 0 Å². The van der Waals surface area contributed by atoms with Crippen molar-refractivity contribution in [2.45, 2.75) is 39.7 Å². The standard InChI is InChI=1S/C18H24ClN3O2/c1-12-14(13(2)24-21-12)10-22(5)17(23)20-11-18(3,4)15-8-6-7-9-16(15)19/h6-9H,10-11H2,1-5H3,(H,20,23). The molecule has 1 N–H and O–H groups in total. The second-order valence-electron chi connectivity index (χ2n) is 6.68. The number of carbonyl (C=O) groups is 1. The smallest absolute Gasteiger partial charge is 0.317 e. The Morgan fingerprint density at radius 2 is 2.00 bits per heavy atom. The van der Waals surface area contributed by atoms with Gasteiger partial charge in [-0.05, 0) is 25.5 Å². The number of halogens is 1. The number of rotatable bonds is 5. The van der Waals surface area contributed by atoms with E-state index in [9.17, 15) is 4.79 Å². The van der Waals surface area contributed by atoms with Gasteiger partial charge in [0.2, 0.25) is 0 Å². The zero-order chi connectivity index (χ0) is 17.9. The number of nitrogens with one attached hydrogen (secondary N) is 1. The minimum absolute atomic E-state index is 0.143. The molecule has 0 aliphatic carbocycles. The number of benzene rings is 1. The minimum atomic E-state index is -0.266. The van der Waals surface area contributed by atoms with E-state index in [0.717, 1.165) is 22.6 Å². The molecule has 0 saturated carbocycles. The number of nitrogens with zero attached hydrogens (tertiary/aromatic N) is 2. The second kappa shape index (κ2) is 7.26. The average Bonchev–Trinajstić information content (AvgIpc) is 2.84. The summed E-state index contributed by atoms with van der Waals surface area (Å²) in [6, 6.07) is 7.56. The molecule has 1 aromatic carbocycles. The van der Waals surface area contributed by atoms with E-state index in [1.165, 1.54) is 0 Å². The third-order valence-corrected chi connectivity index (χ3v) is 4.54. The summed E-state index contributed by atoms with van der Waals surface area (Å²) < 4.78 is 5.14. The van der Waals surface area contributed by atoms with Crippen LogP contribution in [0.3, 0.4) is 0 Å². The molecule has 24 heavy (non-hydrogen) atoms. The van der Waals surface area contributed by atoms with E-state index in [-0.39, 0.29) is 11.4 Å². The zero-order valence-corrected chi connectivity index (χ0v) is 15.6. The molecule has 0 fully saturated rings. The van der Waals surface area contributed by atoms with Crippen molar-refractivity contribution >= 4 is 17.6 Å². The molecule has 0 atom stereocenters. The largest absolute Gasteiger partial charge is 0.361 e. The van der Waals surface area contributed by atoms with Crippen molar-refractivity contribution in [1.82, 2.24) is 15.4 Å². The summed E-state index contributed by atoms with van der Waals surface area (Å²) in [5.41, 5.74) is 2.50. The lowest BCUT2D eigenvalue weighted by Gasteiger charge is -2.28. The summed E-state index contributed by atoms with van der Waals surface area (Å²) in [6.07, 6.45) is 0. The fourth-order valence-corrected chi connectivity index (χ4v) is 2.96. The van der Waals surface area contributed by atoms with Crippen molar-refractivity contribution < 1.29 is 9.32 Å². The van der Waals surface area contributed by atoms with Crippen molar-refractivity contribution in [2.75, 3.05) is 13.6 Å². The summed E-state index contributed by atoms with van der Waals surface area (Å²) in [6.45, 7) is 8.78. The number of carbonyl (C=O) groups excluding carboxylic acids is 1. The predicted molar refractivity (Wildman–Crippen MR) is 95.3 cm³/mol. The van der Waals surface area contributed by atoms with Gasteiger partial charge < -0.3 is 14.7 Å². The maximum Gasteiger partial charge on any atom is 0.317 e. The maximum absolute atomic E-state index is 12.4. The van der Waals surface area contributed by atoms with Crippen LogP contribution in [0.5, 0.6) is 0 Å². The Morgan fingerprint density at radius 1 is 1.33 bits per heavy atom. The van der Waals surface area contributed by atoms with Crippen LogP contribution < -0.4 is 5.32 Å². The van der Waals surface area contributed by atoms with E-state index in [0.29, 0.717) is 18.1 Å². The first-order valence-electron chi connectivity index (χ1n) is 7.88. The highest BCUT2D eigenvalue weighted by molar-refractivity contribution is 6.31. The van der Waals surface area contributed by atoms with Gasteiger partial charge in [-0.15, -0.1) is 0 Å². The highest BCUT2D eigenvalue weighted by atomic mass is 35.5. The molecule has 0 spiro atoms. The Labute approximate surface area is 148 Å². The topological polar surface area (TPSA) is 58.4 Å². The van der Waals surface area contributed by atoms with E-state index >= 15 is 0 Å². The third kappa shape index (κ3) is 4.09. The van der Waals surface area contributed by atoms with Crippen molar-refractivity contribution in [3.05, 3.63) is 51.9 Å². The molecule has 0 saturated heterocycles. The minimum Gasteiger partial charge on any atom is -0.361 e. The Kier molecular flexibility index (Phi) is 5.54. The molecule has 0 radical (unpaired) electrons. The molecule has 1 aromatic heterocycles. The van der Waals surface area contributed by atoms with Crippen LogP contribution in [0.1, 0.15) is 36.4 Å². The van der Waals surface area contributed by atoms with Crippen LogP contribution >= 0.6 is 11.6 Å². The highest BCUT2D eigenvalue weighted by Gasteiger charge is 2.24. The molecule has 0 bridgehead atoms. The fraction of sp³-hybridized carbons (Fsp3) is 0.444. The van der Waals surface area contributed by atoms with E-state index in [4.69, 9.17) is 16.1 Å². The zero-order valence-electron chi connectivity index (χ0n) is 14.8. The summed E-state index contributed by atoms with van der Waals surface area (Å²) in [5.74, 6) is 0.739. The predicted octanol–water partition coefficient (Wildman–Crippen LogP) is 4.06. The van der Waals surface area contributed by atoms with Gasteiger partial charge in [-0.1, -0.05) is 48.8 Å². The Balaban J connectivity index is 1.98. The van der Waals surface area contributed by atoms with Crippen LogP contribution in [0.4, 0.5) is 4.79 Å². The van der Waals surface area contributed by atoms with E-state index in [1.807, 2.05) is 38.1 Å². The highest BCUT2D eigenvalue weighted by Crippen LogP contribution is 2.29. The Morgan fingerprint density at radius 3 is 2.58 bits per heavy atom. The van der Waals surface area contributed by atoms with Crippen LogP contribution in [-0.2, 0) is 12.0 Å². The van der Waals surface area contributed by atoms with Gasteiger partial charge in [-0.3, -0.25) is 0 Å². The van der Waals surface area contributed by atoms with Crippen molar-refractivity contribution in [3.8, 4) is 0 Å². The molecular formula is C18H24ClN3O2. The van der Waals surface area contributed by atoms with E-state index in [1.54, 1.807) is 11.9 Å². The Bertz CT molecular complexity index is 705. The van der Waals surface area contributed by atoms with Gasteiger partial charge >= 0.3 is 6.03 Å². The Hall–Kier alpha value is -2.01. The van der Waals surface area contributed by atoms with Gasteiger partial charge in [0, 0.05) is 29.6 Å². The summed E-state index contributed by atoms with van der Waals surface area (Å²) >= 11 is 6.28. The lowest BCUT2D eigenvalue weighted by molar-refractivity contribution is 0.204. The normalized spacial score (nSPS) is 11.4. The van der Waals surface area contributed by atoms with Gasteiger partial charge in [0.1, 0.15) is 5.76 Å². The number of hydrogen-bond donors (Lipinski definition) is 1. The lowest BCUT2D eigenvalue weighted by Crippen LogP contribution is -2.43. The summed E-state index contributed by atoms with van der Waals surface area (Å²) in [5, 5.41) is 7.60. The molecule has 1 heterocycles. The molecule has 5 nitrogen and oxygen atoms in total. The van der Waals surface area contributed by atoms with Crippen LogP contribution in [0.15, 0.2) is 28.8 Å². The van der Waals surface area contributed by atoms with Gasteiger partial charge in [0.15, 0.2) is 0 Å². The van der Waals surface area contributed by atoms with Crippen LogP contribution in [0.25, 0.3) is 0 Å². The molecule has 2 rings (SSSR count). The lowest BCUT2D eigenvalue weighted by atomic mass is 9.84. The van der Waals surface area contributed by atoms with Crippen LogP contribution in [0, 0.1) is 13.8 Å². The average molecular weight is 350 g/mol. The van der Waals surface area contributed by atoms with Crippen LogP contribution in [0.2, 0.25) is 5.02 Å². The SMILES string of the molecule is Cc1noc(C)c1CN(C)C(=O)NCC(C)(C)c1ccccc1Cl. The quantitative estimate of drug-likeness (QED) is 0.885. The van der Waals surface area contributed by atoms with E-state index < -0.39 is 0 Å². The number of aromatic nitrogens is 1. The van der Waals surface area contributed by atoms with Gasteiger partial charge in [-0.2, -0.15) is 0 Å². The number of aryl methyl sites for hydroxylation is 2. The maximum atomic E-state index is 12.4. The van der Waals surface area contributed by atoms with Gasteiger partial charge in [0.05, 0.1) is 12.2 Å². The fourth-order valence-electron chi connectivity index (χ4n) is 2.57. The molecular weight excluding hydrogens is 326 g/mol. The molecule has 0 aliphatic heterocycles. The summed E-state index contributed by atoms with van der Waals surface area (Å²) in [7, 11) is 1.75. The molecule has 0 aliphatic rings. The first kappa shape index (κ1) is 18.3. The van der Waals surface area contributed by atoms with Crippen LogP contribution in [-0.4, -0.2) is 29.7 Å². The first-order chi connectivity index (χ1) is 11.2. The molecule has 2 amide bonds. The number of amides is 2.